The van der Waals surface area contributed by atoms with E-state index < -0.39 is 0 Å². The Bertz CT molecular complexity index is 570. The van der Waals surface area contributed by atoms with Crippen molar-refractivity contribution in [2.45, 2.75) is 13.5 Å². The van der Waals surface area contributed by atoms with Crippen molar-refractivity contribution in [3.05, 3.63) is 57.6 Å². The fourth-order valence-corrected chi connectivity index (χ4v) is 2.04. The highest BCUT2D eigenvalue weighted by atomic mass is 35.5. The van der Waals surface area contributed by atoms with Crippen molar-refractivity contribution >= 4 is 23.2 Å². The molecule has 0 saturated heterocycles. The van der Waals surface area contributed by atoms with Crippen LogP contribution in [0.3, 0.4) is 0 Å². The molecule has 94 valence electrons. The molecule has 0 bridgehead atoms. The second-order valence-corrected chi connectivity index (χ2v) is 4.77. The molecule has 2 aromatic rings. The van der Waals surface area contributed by atoms with E-state index >= 15 is 0 Å². The summed E-state index contributed by atoms with van der Waals surface area (Å²) in [6.07, 6.45) is 0. The lowest BCUT2D eigenvalue weighted by Gasteiger charge is -2.12. The quantitative estimate of drug-likeness (QED) is 0.896. The summed E-state index contributed by atoms with van der Waals surface area (Å²) in [5, 5.41) is 1.15. The molecule has 4 heteroatoms. The number of nitrogens with two attached hydrogens (primary N) is 1. The number of hydrogen-bond donors (Lipinski definition) is 1. The Labute approximate surface area is 116 Å². The van der Waals surface area contributed by atoms with E-state index in [1.54, 1.807) is 12.1 Å². The molecule has 0 unspecified atom stereocenters. The summed E-state index contributed by atoms with van der Waals surface area (Å²) in [4.78, 5) is 0. The van der Waals surface area contributed by atoms with Gasteiger partial charge in [0.15, 0.2) is 0 Å². The van der Waals surface area contributed by atoms with Gasteiger partial charge >= 0.3 is 0 Å². The van der Waals surface area contributed by atoms with E-state index in [0.29, 0.717) is 28.1 Å². The SMILES string of the molecule is Cc1ccc(Cl)c(Oc2cccc(Cl)c2CN)c1. The van der Waals surface area contributed by atoms with E-state index in [0.717, 1.165) is 11.1 Å². The lowest BCUT2D eigenvalue weighted by Crippen LogP contribution is -2.00. The molecular formula is C14H13Cl2NO. The van der Waals surface area contributed by atoms with Gasteiger partial charge in [-0.1, -0.05) is 35.3 Å². The normalized spacial score (nSPS) is 10.4. The van der Waals surface area contributed by atoms with Crippen LogP contribution in [-0.4, -0.2) is 0 Å². The van der Waals surface area contributed by atoms with E-state index in [2.05, 4.69) is 0 Å². The molecule has 2 nitrogen and oxygen atoms in total. The highest BCUT2D eigenvalue weighted by molar-refractivity contribution is 6.32. The van der Waals surface area contributed by atoms with Gasteiger partial charge in [-0.2, -0.15) is 0 Å². The van der Waals surface area contributed by atoms with Crippen molar-refractivity contribution in [3.8, 4) is 11.5 Å². The van der Waals surface area contributed by atoms with Crippen molar-refractivity contribution in [2.24, 2.45) is 5.73 Å². The van der Waals surface area contributed by atoms with Crippen LogP contribution in [0.15, 0.2) is 36.4 Å². The number of halogens is 2. The summed E-state index contributed by atoms with van der Waals surface area (Å²) < 4.78 is 5.80. The summed E-state index contributed by atoms with van der Waals surface area (Å²) in [5.74, 6) is 1.24. The molecule has 2 rings (SSSR count). The van der Waals surface area contributed by atoms with E-state index in [-0.39, 0.29) is 0 Å². The molecule has 0 spiro atoms. The predicted molar refractivity (Wildman–Crippen MR) is 75.6 cm³/mol. The third-order valence-electron chi connectivity index (χ3n) is 2.59. The van der Waals surface area contributed by atoms with Crippen LogP contribution in [0, 0.1) is 6.92 Å². The molecule has 18 heavy (non-hydrogen) atoms. The first-order valence-corrected chi connectivity index (χ1v) is 6.29. The maximum Gasteiger partial charge on any atom is 0.146 e. The number of ether oxygens (including phenoxy) is 1. The van der Waals surface area contributed by atoms with Gasteiger partial charge in [-0.25, -0.2) is 0 Å². The predicted octanol–water partition coefficient (Wildman–Crippen LogP) is 4.55. The number of hydrogen-bond acceptors (Lipinski definition) is 2. The Balaban J connectivity index is 2.40. The summed E-state index contributed by atoms with van der Waals surface area (Å²) >= 11 is 12.2. The molecule has 0 atom stereocenters. The first kappa shape index (κ1) is 13.2. The fourth-order valence-electron chi connectivity index (χ4n) is 1.64. The zero-order valence-electron chi connectivity index (χ0n) is 9.91. The minimum absolute atomic E-state index is 0.318. The Hall–Kier alpha value is -1.22. The third-order valence-corrected chi connectivity index (χ3v) is 3.25. The summed E-state index contributed by atoms with van der Waals surface area (Å²) in [5.41, 5.74) is 7.53. The number of aryl methyl sites for hydroxylation is 1. The van der Waals surface area contributed by atoms with Crippen LogP contribution in [0.1, 0.15) is 11.1 Å². The van der Waals surface area contributed by atoms with Gasteiger partial charge in [0.2, 0.25) is 0 Å². The maximum atomic E-state index is 6.09. The highest BCUT2D eigenvalue weighted by Crippen LogP contribution is 2.34. The van der Waals surface area contributed by atoms with Gasteiger partial charge in [0.25, 0.3) is 0 Å². The first-order chi connectivity index (χ1) is 8.61. The summed E-state index contributed by atoms with van der Waals surface area (Å²) in [7, 11) is 0. The summed E-state index contributed by atoms with van der Waals surface area (Å²) in [6, 6.07) is 11.0. The Morgan fingerprint density at radius 1 is 1.06 bits per heavy atom. The smallest absolute Gasteiger partial charge is 0.146 e. The van der Waals surface area contributed by atoms with Crippen LogP contribution in [0.4, 0.5) is 0 Å². The van der Waals surface area contributed by atoms with Crippen LogP contribution >= 0.6 is 23.2 Å². The van der Waals surface area contributed by atoms with Crippen LogP contribution < -0.4 is 10.5 Å². The second-order valence-electron chi connectivity index (χ2n) is 3.96. The van der Waals surface area contributed by atoms with E-state index in [1.165, 1.54) is 0 Å². The van der Waals surface area contributed by atoms with Gasteiger partial charge in [0.05, 0.1) is 5.02 Å². The zero-order chi connectivity index (χ0) is 13.1. The Kier molecular flexibility index (Phi) is 4.12. The summed E-state index contributed by atoms with van der Waals surface area (Å²) in [6.45, 7) is 2.30. The van der Waals surface area contributed by atoms with E-state index in [1.807, 2.05) is 31.2 Å². The van der Waals surface area contributed by atoms with Gasteiger partial charge < -0.3 is 10.5 Å². The third kappa shape index (κ3) is 2.78. The van der Waals surface area contributed by atoms with Crippen LogP contribution in [0.5, 0.6) is 11.5 Å². The second kappa shape index (κ2) is 5.61. The van der Waals surface area contributed by atoms with Gasteiger partial charge in [0, 0.05) is 17.1 Å². The van der Waals surface area contributed by atoms with Crippen molar-refractivity contribution in [2.75, 3.05) is 0 Å². The largest absolute Gasteiger partial charge is 0.455 e. The van der Waals surface area contributed by atoms with E-state index in [9.17, 15) is 0 Å². The van der Waals surface area contributed by atoms with Crippen molar-refractivity contribution < 1.29 is 4.74 Å². The molecule has 2 aromatic carbocycles. The Morgan fingerprint density at radius 2 is 1.83 bits per heavy atom. The van der Waals surface area contributed by atoms with Crippen LogP contribution in [0.2, 0.25) is 10.0 Å². The highest BCUT2D eigenvalue weighted by Gasteiger charge is 2.09. The molecule has 0 aliphatic rings. The topological polar surface area (TPSA) is 35.2 Å². The van der Waals surface area contributed by atoms with Crippen molar-refractivity contribution in [3.63, 3.8) is 0 Å². The minimum Gasteiger partial charge on any atom is -0.455 e. The fraction of sp³-hybridized carbons (Fsp3) is 0.143. The number of benzene rings is 2. The molecular weight excluding hydrogens is 269 g/mol. The van der Waals surface area contributed by atoms with Crippen molar-refractivity contribution in [1.29, 1.82) is 0 Å². The lowest BCUT2D eigenvalue weighted by atomic mass is 10.2. The van der Waals surface area contributed by atoms with Gasteiger partial charge in [0.1, 0.15) is 11.5 Å². The minimum atomic E-state index is 0.318. The average molecular weight is 282 g/mol. The zero-order valence-corrected chi connectivity index (χ0v) is 11.4. The molecule has 0 amide bonds. The maximum absolute atomic E-state index is 6.09. The monoisotopic (exact) mass is 281 g/mol. The molecule has 0 aliphatic heterocycles. The molecule has 0 fully saturated rings. The molecule has 0 aliphatic carbocycles. The first-order valence-electron chi connectivity index (χ1n) is 5.53. The lowest BCUT2D eigenvalue weighted by molar-refractivity contribution is 0.476. The van der Waals surface area contributed by atoms with Gasteiger partial charge in [-0.15, -0.1) is 0 Å². The molecule has 2 N–H and O–H groups in total. The van der Waals surface area contributed by atoms with Crippen molar-refractivity contribution in [1.82, 2.24) is 0 Å². The van der Waals surface area contributed by atoms with Gasteiger partial charge in [-0.3, -0.25) is 0 Å². The number of rotatable bonds is 3. The molecule has 0 saturated carbocycles. The molecule has 0 radical (unpaired) electrons. The average Bonchev–Trinajstić information content (AvgIpc) is 2.34. The van der Waals surface area contributed by atoms with E-state index in [4.69, 9.17) is 33.7 Å². The molecule has 0 heterocycles. The standard InChI is InChI=1S/C14H13Cl2NO/c1-9-5-6-12(16)14(7-9)18-13-4-2-3-11(15)10(13)8-17/h2-7H,8,17H2,1H3. The van der Waals surface area contributed by atoms with Crippen LogP contribution in [0.25, 0.3) is 0 Å². The Morgan fingerprint density at radius 3 is 2.56 bits per heavy atom. The van der Waals surface area contributed by atoms with Crippen LogP contribution in [-0.2, 0) is 6.54 Å². The van der Waals surface area contributed by atoms with Gasteiger partial charge in [-0.05, 0) is 36.8 Å². The molecule has 0 aromatic heterocycles.